The summed E-state index contributed by atoms with van der Waals surface area (Å²) < 4.78 is 13.4. The van der Waals surface area contributed by atoms with Gasteiger partial charge in [-0.15, -0.1) is 0 Å². The number of benzene rings is 1. The number of rotatable bonds is 3. The largest absolute Gasteiger partial charge is 0.298 e. The molecule has 0 saturated heterocycles. The molecule has 1 saturated carbocycles. The molecule has 1 aromatic heterocycles. The highest BCUT2D eigenvalue weighted by Crippen LogP contribution is 2.41. The van der Waals surface area contributed by atoms with E-state index in [-0.39, 0.29) is 5.82 Å². The van der Waals surface area contributed by atoms with Gasteiger partial charge in [-0.25, -0.2) is 4.39 Å². The molecule has 1 N–H and O–H groups in total. The smallest absolute Gasteiger partial charge is 0.123 e. The van der Waals surface area contributed by atoms with Gasteiger partial charge in [-0.05, 0) is 48.6 Å². The van der Waals surface area contributed by atoms with E-state index in [0.717, 1.165) is 31.5 Å². The molecule has 116 valence electrons. The molecule has 0 bridgehead atoms. The Morgan fingerprint density at radius 3 is 2.91 bits per heavy atom. The van der Waals surface area contributed by atoms with Crippen LogP contribution in [0.5, 0.6) is 0 Å². The highest BCUT2D eigenvalue weighted by Gasteiger charge is 2.31. The first-order valence-corrected chi connectivity index (χ1v) is 8.31. The summed E-state index contributed by atoms with van der Waals surface area (Å²) in [4.78, 5) is 2.35. The fraction of sp³-hybridized carbons (Fsp3) is 0.471. The van der Waals surface area contributed by atoms with Gasteiger partial charge in [-0.1, -0.05) is 11.6 Å². The van der Waals surface area contributed by atoms with E-state index < -0.39 is 0 Å². The second kappa shape index (κ2) is 5.67. The standard InChI is InChI=1S/C17H19ClFN3/c18-15-4-3-13(19)9-12(15)10-22-7-5-14-16(6-8-22)20-21-17(14)11-1-2-11/h3-4,9,11H,1-2,5-8,10H2,(H,20,21). The van der Waals surface area contributed by atoms with Crippen molar-refractivity contribution < 1.29 is 4.39 Å². The predicted octanol–water partition coefficient (Wildman–Crippen LogP) is 3.68. The summed E-state index contributed by atoms with van der Waals surface area (Å²) in [6, 6.07) is 4.60. The number of hydrogen-bond donors (Lipinski definition) is 1. The van der Waals surface area contributed by atoms with Crippen molar-refractivity contribution in [1.82, 2.24) is 15.1 Å². The van der Waals surface area contributed by atoms with Gasteiger partial charge in [0.15, 0.2) is 0 Å². The molecule has 3 nitrogen and oxygen atoms in total. The number of hydrogen-bond acceptors (Lipinski definition) is 2. The number of H-pyrrole nitrogens is 1. The van der Waals surface area contributed by atoms with Gasteiger partial charge < -0.3 is 0 Å². The van der Waals surface area contributed by atoms with E-state index in [0.29, 0.717) is 17.5 Å². The second-order valence-corrected chi connectivity index (χ2v) is 6.76. The Balaban J connectivity index is 1.49. The molecule has 0 radical (unpaired) electrons. The van der Waals surface area contributed by atoms with Crippen LogP contribution in [-0.4, -0.2) is 28.2 Å². The third kappa shape index (κ3) is 2.77. The monoisotopic (exact) mass is 319 g/mol. The van der Waals surface area contributed by atoms with Crippen LogP contribution in [0.4, 0.5) is 4.39 Å². The van der Waals surface area contributed by atoms with Crippen molar-refractivity contribution in [3.8, 4) is 0 Å². The van der Waals surface area contributed by atoms with E-state index in [2.05, 4.69) is 15.1 Å². The van der Waals surface area contributed by atoms with E-state index in [1.165, 1.54) is 35.9 Å². The summed E-state index contributed by atoms with van der Waals surface area (Å²) in [5.74, 6) is 0.462. The van der Waals surface area contributed by atoms with Crippen LogP contribution >= 0.6 is 11.6 Å². The van der Waals surface area contributed by atoms with Crippen LogP contribution in [0.1, 0.15) is 41.3 Å². The maximum absolute atomic E-state index is 13.4. The van der Waals surface area contributed by atoms with Crippen LogP contribution in [0.2, 0.25) is 5.02 Å². The molecule has 0 amide bonds. The molecule has 1 aliphatic carbocycles. The van der Waals surface area contributed by atoms with Gasteiger partial charge >= 0.3 is 0 Å². The number of aromatic nitrogens is 2. The number of fused-ring (bicyclic) bond motifs is 1. The van der Waals surface area contributed by atoms with Crippen LogP contribution in [0.15, 0.2) is 18.2 Å². The minimum Gasteiger partial charge on any atom is -0.298 e. The van der Waals surface area contributed by atoms with E-state index in [1.54, 1.807) is 12.1 Å². The van der Waals surface area contributed by atoms with Gasteiger partial charge in [0.2, 0.25) is 0 Å². The Bertz CT molecular complexity index is 693. The Kier molecular flexibility index (Phi) is 3.66. The Morgan fingerprint density at radius 2 is 2.09 bits per heavy atom. The molecule has 22 heavy (non-hydrogen) atoms. The molecule has 0 atom stereocenters. The van der Waals surface area contributed by atoms with Gasteiger partial charge in [0, 0.05) is 42.7 Å². The Morgan fingerprint density at radius 1 is 1.27 bits per heavy atom. The van der Waals surface area contributed by atoms with E-state index in [9.17, 15) is 4.39 Å². The van der Waals surface area contributed by atoms with Gasteiger partial charge in [0.25, 0.3) is 0 Å². The SMILES string of the molecule is Fc1ccc(Cl)c(CN2CCc3[nH]nc(C4CC4)c3CC2)c1. The van der Waals surface area contributed by atoms with E-state index in [4.69, 9.17) is 11.6 Å². The van der Waals surface area contributed by atoms with Gasteiger partial charge in [-0.2, -0.15) is 5.10 Å². The summed E-state index contributed by atoms with van der Waals surface area (Å²) in [7, 11) is 0. The van der Waals surface area contributed by atoms with Crippen molar-refractivity contribution in [3.05, 3.63) is 51.6 Å². The molecule has 1 aromatic carbocycles. The summed E-state index contributed by atoms with van der Waals surface area (Å²) in [6.45, 7) is 2.62. The molecular formula is C17H19ClFN3. The molecule has 1 aliphatic heterocycles. The molecule has 2 aromatic rings. The van der Waals surface area contributed by atoms with Crippen LogP contribution in [0.3, 0.4) is 0 Å². The van der Waals surface area contributed by atoms with Crippen molar-refractivity contribution in [3.63, 3.8) is 0 Å². The van der Waals surface area contributed by atoms with Crippen LogP contribution < -0.4 is 0 Å². The predicted molar refractivity (Wildman–Crippen MR) is 84.7 cm³/mol. The zero-order valence-corrected chi connectivity index (χ0v) is 13.2. The minimum absolute atomic E-state index is 0.223. The topological polar surface area (TPSA) is 31.9 Å². The molecule has 1 fully saturated rings. The average molecular weight is 320 g/mol. The lowest BCUT2D eigenvalue weighted by molar-refractivity contribution is 0.278. The quantitative estimate of drug-likeness (QED) is 0.936. The Hall–Kier alpha value is -1.39. The van der Waals surface area contributed by atoms with Gasteiger partial charge in [-0.3, -0.25) is 10.00 Å². The normalized spacial score (nSPS) is 19.0. The van der Waals surface area contributed by atoms with Crippen molar-refractivity contribution in [2.24, 2.45) is 0 Å². The molecule has 0 unspecified atom stereocenters. The average Bonchev–Trinajstić information content (AvgIpc) is 3.30. The lowest BCUT2D eigenvalue weighted by Crippen LogP contribution is -2.26. The number of halogens is 2. The summed E-state index contributed by atoms with van der Waals surface area (Å²) >= 11 is 6.19. The number of nitrogens with one attached hydrogen (secondary N) is 1. The molecule has 0 spiro atoms. The second-order valence-electron chi connectivity index (χ2n) is 6.35. The molecule has 5 heteroatoms. The summed E-state index contributed by atoms with van der Waals surface area (Å²) in [5.41, 5.74) is 4.87. The lowest BCUT2D eigenvalue weighted by atomic mass is 10.1. The first-order chi connectivity index (χ1) is 10.7. The first kappa shape index (κ1) is 14.2. The van der Waals surface area contributed by atoms with Crippen LogP contribution in [0.25, 0.3) is 0 Å². The Labute approximate surface area is 134 Å². The highest BCUT2D eigenvalue weighted by molar-refractivity contribution is 6.31. The maximum atomic E-state index is 13.4. The van der Waals surface area contributed by atoms with Crippen molar-refractivity contribution >= 4 is 11.6 Å². The third-order valence-electron chi connectivity index (χ3n) is 4.71. The number of aromatic amines is 1. The van der Waals surface area contributed by atoms with Crippen molar-refractivity contribution in [2.45, 2.75) is 38.1 Å². The lowest BCUT2D eigenvalue weighted by Gasteiger charge is -2.20. The van der Waals surface area contributed by atoms with Crippen molar-refractivity contribution in [1.29, 1.82) is 0 Å². The van der Waals surface area contributed by atoms with E-state index in [1.807, 2.05) is 0 Å². The van der Waals surface area contributed by atoms with Crippen molar-refractivity contribution in [2.75, 3.05) is 13.1 Å². The molecule has 2 aliphatic rings. The maximum Gasteiger partial charge on any atom is 0.123 e. The zero-order chi connectivity index (χ0) is 15.1. The minimum atomic E-state index is -0.223. The highest BCUT2D eigenvalue weighted by atomic mass is 35.5. The molecule has 4 rings (SSSR count). The van der Waals surface area contributed by atoms with Crippen LogP contribution in [0, 0.1) is 5.82 Å². The molecule has 2 heterocycles. The van der Waals surface area contributed by atoms with Crippen LogP contribution in [-0.2, 0) is 19.4 Å². The van der Waals surface area contributed by atoms with Gasteiger partial charge in [0.1, 0.15) is 5.82 Å². The zero-order valence-electron chi connectivity index (χ0n) is 12.4. The summed E-state index contributed by atoms with van der Waals surface area (Å²) in [6.07, 6.45) is 4.55. The number of nitrogens with zero attached hydrogens (tertiary/aromatic N) is 2. The molecular weight excluding hydrogens is 301 g/mol. The fourth-order valence-corrected chi connectivity index (χ4v) is 3.49. The fourth-order valence-electron chi connectivity index (χ4n) is 3.31. The first-order valence-electron chi connectivity index (χ1n) is 7.93. The third-order valence-corrected chi connectivity index (χ3v) is 5.08. The summed E-state index contributed by atoms with van der Waals surface area (Å²) in [5, 5.41) is 8.39. The van der Waals surface area contributed by atoms with E-state index >= 15 is 0 Å². The van der Waals surface area contributed by atoms with Gasteiger partial charge in [0.05, 0.1) is 5.69 Å².